The fraction of sp³-hybridized carbons (Fsp3) is 1.00. The second-order valence-corrected chi connectivity index (χ2v) is 3.97. The molecule has 0 aromatic heterocycles. The van der Waals surface area contributed by atoms with Crippen molar-refractivity contribution in [2.45, 2.75) is 6.18 Å². The molecule has 0 radical (unpaired) electrons. The lowest BCUT2D eigenvalue weighted by atomic mass is 10.7. The quantitative estimate of drug-likeness (QED) is 0.646. The van der Waals surface area contributed by atoms with Crippen LogP contribution in [0.2, 0.25) is 0 Å². The molecule has 0 bridgehead atoms. The smallest absolute Gasteiger partial charge is 0.329 e. The van der Waals surface area contributed by atoms with Crippen LogP contribution in [0.25, 0.3) is 0 Å². The molecular weight excluding hydrogens is 197 g/mol. The molecule has 74 valence electrons. The lowest BCUT2D eigenvalue weighted by molar-refractivity contribution is -0.121. The first kappa shape index (κ1) is 11.7. The van der Waals surface area contributed by atoms with Crippen molar-refractivity contribution >= 4 is 10.0 Å². The molecule has 3 N–H and O–H groups in total. The number of hydrogen-bond donors (Lipinski definition) is 2. The van der Waals surface area contributed by atoms with Gasteiger partial charge in [0.15, 0.2) is 0 Å². The highest BCUT2D eigenvalue weighted by Crippen LogP contribution is 2.12. The zero-order chi connectivity index (χ0) is 9.83. The van der Waals surface area contributed by atoms with Gasteiger partial charge in [-0.1, -0.05) is 0 Å². The standard InChI is InChI=1S/C4H9F3N2O2S/c5-4(6,7)3-9-12(10,11)2-1-8/h9H,1-3,8H2. The van der Waals surface area contributed by atoms with Crippen LogP contribution in [0.1, 0.15) is 0 Å². The minimum atomic E-state index is -4.53. The largest absolute Gasteiger partial charge is 0.402 e. The number of hydrogen-bond acceptors (Lipinski definition) is 3. The molecule has 0 rings (SSSR count). The Morgan fingerprint density at radius 3 is 2.17 bits per heavy atom. The summed E-state index contributed by atoms with van der Waals surface area (Å²) in [5.74, 6) is -0.497. The van der Waals surface area contributed by atoms with E-state index in [1.807, 2.05) is 0 Å². The summed E-state index contributed by atoms with van der Waals surface area (Å²) in [6.45, 7) is -1.75. The van der Waals surface area contributed by atoms with Gasteiger partial charge in [0.2, 0.25) is 10.0 Å². The summed E-state index contributed by atoms with van der Waals surface area (Å²) in [5, 5.41) is 0. The molecular formula is C4H9F3N2O2S. The maximum Gasteiger partial charge on any atom is 0.402 e. The molecule has 8 heteroatoms. The molecule has 4 nitrogen and oxygen atoms in total. The summed E-state index contributed by atoms with van der Waals surface area (Å²) in [4.78, 5) is 0. The minimum Gasteiger partial charge on any atom is -0.329 e. The van der Waals surface area contributed by atoms with E-state index in [1.54, 1.807) is 0 Å². The molecule has 0 fully saturated rings. The minimum absolute atomic E-state index is 0.201. The first-order chi connectivity index (χ1) is 5.27. The van der Waals surface area contributed by atoms with E-state index in [9.17, 15) is 21.6 Å². The van der Waals surface area contributed by atoms with Gasteiger partial charge in [0.05, 0.1) is 5.75 Å². The van der Waals surface area contributed by atoms with Gasteiger partial charge < -0.3 is 5.73 Å². The molecule has 0 saturated carbocycles. The van der Waals surface area contributed by atoms with E-state index in [0.717, 1.165) is 0 Å². The third-order valence-corrected chi connectivity index (χ3v) is 2.24. The molecule has 0 aromatic rings. The van der Waals surface area contributed by atoms with Gasteiger partial charge in [-0.15, -0.1) is 0 Å². The number of halogens is 3. The molecule has 0 heterocycles. The zero-order valence-corrected chi connectivity index (χ0v) is 6.87. The first-order valence-corrected chi connectivity index (χ1v) is 4.66. The number of rotatable bonds is 4. The van der Waals surface area contributed by atoms with Crippen LogP contribution >= 0.6 is 0 Å². The van der Waals surface area contributed by atoms with Gasteiger partial charge in [0, 0.05) is 6.54 Å². The average molecular weight is 206 g/mol. The van der Waals surface area contributed by atoms with E-state index < -0.39 is 28.5 Å². The van der Waals surface area contributed by atoms with Crippen molar-refractivity contribution in [3.63, 3.8) is 0 Å². The Bertz CT molecular complexity index is 223. The second kappa shape index (κ2) is 4.06. The Hall–Kier alpha value is -0.340. The van der Waals surface area contributed by atoms with E-state index in [1.165, 1.54) is 4.72 Å². The lowest BCUT2D eigenvalue weighted by Gasteiger charge is -2.07. The van der Waals surface area contributed by atoms with Crippen molar-refractivity contribution in [2.24, 2.45) is 5.73 Å². The SMILES string of the molecule is NCCS(=O)(=O)NCC(F)(F)F. The van der Waals surface area contributed by atoms with E-state index >= 15 is 0 Å². The third kappa shape index (κ3) is 6.38. The Morgan fingerprint density at radius 2 is 1.83 bits per heavy atom. The van der Waals surface area contributed by atoms with Crippen molar-refractivity contribution < 1.29 is 21.6 Å². The molecule has 0 unspecified atom stereocenters. The molecule has 0 aromatic carbocycles. The molecule has 0 aliphatic rings. The first-order valence-electron chi connectivity index (χ1n) is 3.01. The molecule has 0 atom stereocenters. The van der Waals surface area contributed by atoms with Gasteiger partial charge in [0.25, 0.3) is 0 Å². The van der Waals surface area contributed by atoms with Gasteiger partial charge in [-0.25, -0.2) is 13.1 Å². The Morgan fingerprint density at radius 1 is 1.33 bits per heavy atom. The van der Waals surface area contributed by atoms with Crippen LogP contribution in [0.4, 0.5) is 13.2 Å². The number of sulfonamides is 1. The van der Waals surface area contributed by atoms with Crippen LogP contribution in [0.15, 0.2) is 0 Å². The van der Waals surface area contributed by atoms with E-state index in [2.05, 4.69) is 0 Å². The summed E-state index contributed by atoms with van der Waals surface area (Å²) in [5.41, 5.74) is 4.85. The fourth-order valence-electron chi connectivity index (χ4n) is 0.419. The van der Waals surface area contributed by atoms with Crippen molar-refractivity contribution in [3.8, 4) is 0 Å². The zero-order valence-electron chi connectivity index (χ0n) is 6.06. The van der Waals surface area contributed by atoms with Crippen LogP contribution in [0.3, 0.4) is 0 Å². The Labute approximate surface area is 68.0 Å². The van der Waals surface area contributed by atoms with Gasteiger partial charge in [0.1, 0.15) is 6.54 Å². The normalized spacial score (nSPS) is 13.3. The van der Waals surface area contributed by atoms with Crippen molar-refractivity contribution in [3.05, 3.63) is 0 Å². The van der Waals surface area contributed by atoms with Crippen LogP contribution in [-0.4, -0.2) is 33.4 Å². The molecule has 0 aliphatic heterocycles. The third-order valence-electron chi connectivity index (χ3n) is 0.879. The maximum atomic E-state index is 11.5. The van der Waals surface area contributed by atoms with Crippen LogP contribution < -0.4 is 10.5 Å². The van der Waals surface area contributed by atoms with Gasteiger partial charge in [-0.3, -0.25) is 0 Å². The van der Waals surface area contributed by atoms with Crippen molar-refractivity contribution in [1.82, 2.24) is 4.72 Å². The number of alkyl halides is 3. The van der Waals surface area contributed by atoms with E-state index in [0.29, 0.717) is 0 Å². The monoisotopic (exact) mass is 206 g/mol. The fourth-order valence-corrected chi connectivity index (χ4v) is 1.26. The molecule has 12 heavy (non-hydrogen) atoms. The Kier molecular flexibility index (Phi) is 3.94. The average Bonchev–Trinajstić information content (AvgIpc) is 1.83. The summed E-state index contributed by atoms with van der Waals surface area (Å²) in [6, 6.07) is 0. The van der Waals surface area contributed by atoms with Crippen molar-refractivity contribution in [1.29, 1.82) is 0 Å². The molecule has 0 aliphatic carbocycles. The summed E-state index contributed by atoms with van der Waals surface area (Å²) < 4.78 is 56.9. The second-order valence-electron chi connectivity index (χ2n) is 2.04. The van der Waals surface area contributed by atoms with Crippen LogP contribution in [0.5, 0.6) is 0 Å². The van der Waals surface area contributed by atoms with Gasteiger partial charge >= 0.3 is 6.18 Å². The number of nitrogens with one attached hydrogen (secondary N) is 1. The van der Waals surface area contributed by atoms with E-state index in [4.69, 9.17) is 5.73 Å². The number of nitrogens with two attached hydrogens (primary N) is 1. The highest BCUT2D eigenvalue weighted by atomic mass is 32.2. The highest BCUT2D eigenvalue weighted by Gasteiger charge is 2.29. The van der Waals surface area contributed by atoms with Crippen molar-refractivity contribution in [2.75, 3.05) is 18.8 Å². The van der Waals surface area contributed by atoms with Crippen LogP contribution in [0, 0.1) is 0 Å². The topological polar surface area (TPSA) is 72.2 Å². The lowest BCUT2D eigenvalue weighted by Crippen LogP contribution is -2.36. The molecule has 0 saturated heterocycles. The van der Waals surface area contributed by atoms with E-state index in [-0.39, 0.29) is 6.54 Å². The Balaban J connectivity index is 3.94. The molecule has 0 amide bonds. The highest BCUT2D eigenvalue weighted by molar-refractivity contribution is 7.89. The predicted octanol–water partition coefficient (Wildman–Crippen LogP) is -0.573. The van der Waals surface area contributed by atoms with Crippen LogP contribution in [-0.2, 0) is 10.0 Å². The summed E-state index contributed by atoms with van der Waals surface area (Å²) >= 11 is 0. The molecule has 0 spiro atoms. The predicted molar refractivity (Wildman–Crippen MR) is 36.9 cm³/mol. The summed E-state index contributed by atoms with van der Waals surface area (Å²) in [7, 11) is -3.86. The summed E-state index contributed by atoms with van der Waals surface area (Å²) in [6.07, 6.45) is -4.53. The van der Waals surface area contributed by atoms with Gasteiger partial charge in [-0.2, -0.15) is 13.2 Å². The maximum absolute atomic E-state index is 11.5. The van der Waals surface area contributed by atoms with Gasteiger partial charge in [-0.05, 0) is 0 Å².